The Morgan fingerprint density at radius 2 is 1.15 bits per heavy atom. The van der Waals surface area contributed by atoms with E-state index in [0.29, 0.717) is 0 Å². The van der Waals surface area contributed by atoms with Crippen molar-refractivity contribution in [2.24, 2.45) is 0 Å². The van der Waals surface area contributed by atoms with E-state index in [1.807, 2.05) is 11.3 Å². The minimum atomic E-state index is -0.141. The zero-order chi connectivity index (χ0) is 35.3. The first-order chi connectivity index (χ1) is 26.0. The first-order valence-corrected chi connectivity index (χ1v) is 19.1. The van der Waals surface area contributed by atoms with Gasteiger partial charge in [0.15, 0.2) is 0 Å². The molecular formula is C50H34N2S. The summed E-state index contributed by atoms with van der Waals surface area (Å²) in [5, 5.41) is 5.14. The SMILES string of the molecule is CC1(C)c2ccccc2-c2ccc3c(c21)c1ccccc1n3-c1cc(-c2ccc(-c3ccccc3)cc2)cc(-c2cccc3c2sc2ccccc23)n1. The normalized spacial score (nSPS) is 13.2. The third-order valence-corrected chi connectivity index (χ3v) is 12.6. The number of pyridine rings is 1. The molecule has 0 bridgehead atoms. The number of aromatic nitrogens is 2. The smallest absolute Gasteiger partial charge is 0.138 e. The fourth-order valence-corrected chi connectivity index (χ4v) is 10.2. The molecule has 0 saturated heterocycles. The Kier molecular flexibility index (Phi) is 6.50. The number of benzene rings is 7. The van der Waals surface area contributed by atoms with Gasteiger partial charge in [-0.25, -0.2) is 4.98 Å². The van der Waals surface area contributed by atoms with E-state index in [1.54, 1.807) is 0 Å². The van der Waals surface area contributed by atoms with Crippen LogP contribution in [0.1, 0.15) is 25.0 Å². The van der Waals surface area contributed by atoms with Crippen molar-refractivity contribution in [3.63, 3.8) is 0 Å². The third-order valence-electron chi connectivity index (χ3n) is 11.4. The molecule has 0 saturated carbocycles. The highest BCUT2D eigenvalue weighted by Crippen LogP contribution is 2.53. The maximum atomic E-state index is 5.60. The molecule has 3 aromatic heterocycles. The second-order valence-electron chi connectivity index (χ2n) is 14.7. The number of thiophene rings is 1. The molecule has 11 rings (SSSR count). The van der Waals surface area contributed by atoms with Gasteiger partial charge in [0.05, 0.1) is 16.7 Å². The molecule has 0 radical (unpaired) electrons. The molecule has 0 aliphatic heterocycles. The molecule has 3 heteroatoms. The summed E-state index contributed by atoms with van der Waals surface area (Å²) >= 11 is 1.85. The average molecular weight is 695 g/mol. The van der Waals surface area contributed by atoms with E-state index in [0.717, 1.165) is 33.7 Å². The molecule has 3 heterocycles. The molecule has 0 spiro atoms. The van der Waals surface area contributed by atoms with Gasteiger partial charge in [0.1, 0.15) is 5.82 Å². The summed E-state index contributed by atoms with van der Waals surface area (Å²) in [6.07, 6.45) is 0. The van der Waals surface area contributed by atoms with Crippen molar-refractivity contribution in [3.05, 3.63) is 181 Å². The van der Waals surface area contributed by atoms with Gasteiger partial charge >= 0.3 is 0 Å². The van der Waals surface area contributed by atoms with Gasteiger partial charge in [0, 0.05) is 41.9 Å². The van der Waals surface area contributed by atoms with Crippen LogP contribution in [0.15, 0.2) is 170 Å². The van der Waals surface area contributed by atoms with Gasteiger partial charge in [-0.05, 0) is 74.8 Å². The lowest BCUT2D eigenvalue weighted by Gasteiger charge is -2.22. The van der Waals surface area contributed by atoms with Crippen molar-refractivity contribution in [1.82, 2.24) is 9.55 Å². The molecule has 1 aliphatic carbocycles. The van der Waals surface area contributed by atoms with Crippen LogP contribution in [0.25, 0.3) is 92.4 Å². The summed E-state index contributed by atoms with van der Waals surface area (Å²) < 4.78 is 4.96. The Balaban J connectivity index is 1.19. The molecule has 0 amide bonds. The maximum Gasteiger partial charge on any atom is 0.138 e. The molecule has 7 aromatic carbocycles. The van der Waals surface area contributed by atoms with Crippen molar-refractivity contribution in [1.29, 1.82) is 0 Å². The fourth-order valence-electron chi connectivity index (χ4n) is 8.95. The summed E-state index contributed by atoms with van der Waals surface area (Å²) in [7, 11) is 0. The highest BCUT2D eigenvalue weighted by molar-refractivity contribution is 7.26. The molecule has 2 nitrogen and oxygen atoms in total. The third kappa shape index (κ3) is 4.47. The largest absolute Gasteiger partial charge is 0.294 e. The van der Waals surface area contributed by atoms with Crippen molar-refractivity contribution in [2.45, 2.75) is 19.3 Å². The van der Waals surface area contributed by atoms with Crippen LogP contribution in [0.3, 0.4) is 0 Å². The van der Waals surface area contributed by atoms with Crippen molar-refractivity contribution in [3.8, 4) is 50.5 Å². The van der Waals surface area contributed by atoms with E-state index >= 15 is 0 Å². The minimum Gasteiger partial charge on any atom is -0.294 e. The van der Waals surface area contributed by atoms with Crippen LogP contribution < -0.4 is 0 Å². The van der Waals surface area contributed by atoms with Gasteiger partial charge in [-0.15, -0.1) is 11.3 Å². The van der Waals surface area contributed by atoms with Crippen molar-refractivity contribution < 1.29 is 0 Å². The van der Waals surface area contributed by atoms with Gasteiger partial charge in [-0.3, -0.25) is 4.57 Å². The van der Waals surface area contributed by atoms with Crippen molar-refractivity contribution >= 4 is 53.3 Å². The molecule has 0 N–H and O–H groups in total. The van der Waals surface area contributed by atoms with Crippen LogP contribution in [0.4, 0.5) is 0 Å². The zero-order valence-electron chi connectivity index (χ0n) is 29.5. The minimum absolute atomic E-state index is 0.141. The monoisotopic (exact) mass is 694 g/mol. The predicted octanol–water partition coefficient (Wildman–Crippen LogP) is 13.9. The van der Waals surface area contributed by atoms with Crippen LogP contribution in [0, 0.1) is 0 Å². The molecule has 10 aromatic rings. The summed E-state index contributed by atoms with van der Waals surface area (Å²) in [6, 6.07) is 62.0. The van der Waals surface area contributed by atoms with E-state index in [1.165, 1.54) is 69.8 Å². The molecular weight excluding hydrogens is 661 g/mol. The molecule has 0 atom stereocenters. The van der Waals surface area contributed by atoms with E-state index in [2.05, 4.69) is 188 Å². The Morgan fingerprint density at radius 3 is 2.00 bits per heavy atom. The second kappa shape index (κ2) is 11.4. The Hall–Kier alpha value is -6.29. The number of nitrogens with zero attached hydrogens (tertiary/aromatic N) is 2. The van der Waals surface area contributed by atoms with Gasteiger partial charge in [-0.2, -0.15) is 0 Å². The Labute approximate surface area is 312 Å². The fraction of sp³-hybridized carbons (Fsp3) is 0.0600. The summed E-state index contributed by atoms with van der Waals surface area (Å²) in [5.41, 5.74) is 14.5. The van der Waals surface area contributed by atoms with Gasteiger partial charge in [0.2, 0.25) is 0 Å². The summed E-state index contributed by atoms with van der Waals surface area (Å²) in [6.45, 7) is 4.76. The van der Waals surface area contributed by atoms with Gasteiger partial charge in [-0.1, -0.05) is 153 Å². The highest BCUT2D eigenvalue weighted by Gasteiger charge is 2.38. The lowest BCUT2D eigenvalue weighted by Crippen LogP contribution is -2.15. The predicted molar refractivity (Wildman–Crippen MR) is 225 cm³/mol. The van der Waals surface area contributed by atoms with Crippen LogP contribution in [-0.2, 0) is 5.41 Å². The first kappa shape index (κ1) is 30.3. The standard InChI is InChI=1S/C50H34N2S/c1-50(2)41-20-9-6-15-35(41)37-27-28-44-47(48(37)50)40-17-7-10-21-43(40)52(44)46-30-34(33-25-23-32(24-26-33)31-13-4-3-5-14-31)29-42(51-46)39-19-12-18-38-36-16-8-11-22-45(36)53-49(38)39/h3-30H,1-2H3. The van der Waals surface area contributed by atoms with Gasteiger partial charge in [0.25, 0.3) is 0 Å². The first-order valence-electron chi connectivity index (χ1n) is 18.3. The Morgan fingerprint density at radius 1 is 0.491 bits per heavy atom. The van der Waals surface area contributed by atoms with Crippen LogP contribution in [0.2, 0.25) is 0 Å². The number of hydrogen-bond acceptors (Lipinski definition) is 2. The van der Waals surface area contributed by atoms with E-state index in [4.69, 9.17) is 4.98 Å². The number of rotatable bonds is 4. The van der Waals surface area contributed by atoms with Crippen LogP contribution >= 0.6 is 11.3 Å². The second-order valence-corrected chi connectivity index (χ2v) is 15.8. The maximum absolute atomic E-state index is 5.60. The van der Waals surface area contributed by atoms with Gasteiger partial charge < -0.3 is 0 Å². The molecule has 0 fully saturated rings. The number of para-hydroxylation sites is 1. The van der Waals surface area contributed by atoms with E-state index in [-0.39, 0.29) is 5.41 Å². The molecule has 0 unspecified atom stereocenters. The van der Waals surface area contributed by atoms with Crippen LogP contribution in [-0.4, -0.2) is 9.55 Å². The van der Waals surface area contributed by atoms with Crippen molar-refractivity contribution in [2.75, 3.05) is 0 Å². The number of hydrogen-bond donors (Lipinski definition) is 0. The lowest BCUT2D eigenvalue weighted by molar-refractivity contribution is 0.666. The zero-order valence-corrected chi connectivity index (χ0v) is 30.3. The number of fused-ring (bicyclic) bond motifs is 10. The summed E-state index contributed by atoms with van der Waals surface area (Å²) in [5.74, 6) is 0.919. The van der Waals surface area contributed by atoms with Crippen LogP contribution in [0.5, 0.6) is 0 Å². The topological polar surface area (TPSA) is 17.8 Å². The summed E-state index contributed by atoms with van der Waals surface area (Å²) in [4.78, 5) is 5.60. The Bertz CT molecular complexity index is 3070. The highest BCUT2D eigenvalue weighted by atomic mass is 32.1. The quantitative estimate of drug-likeness (QED) is 0.179. The molecule has 1 aliphatic rings. The molecule has 53 heavy (non-hydrogen) atoms. The van der Waals surface area contributed by atoms with E-state index < -0.39 is 0 Å². The molecule has 250 valence electrons. The average Bonchev–Trinajstić information content (AvgIpc) is 3.84. The van der Waals surface area contributed by atoms with E-state index in [9.17, 15) is 0 Å². The lowest BCUT2D eigenvalue weighted by atomic mass is 9.80.